The molecule has 1 aliphatic rings. The zero-order valence-corrected chi connectivity index (χ0v) is 15.1. The van der Waals surface area contributed by atoms with Crippen molar-refractivity contribution in [2.24, 2.45) is 11.1 Å². The van der Waals surface area contributed by atoms with Gasteiger partial charge in [-0.05, 0) is 46.5 Å². The number of nitrogens with two attached hydrogens (primary N) is 1. The Morgan fingerprint density at radius 1 is 1.35 bits per heavy atom. The van der Waals surface area contributed by atoms with Crippen molar-refractivity contribution in [1.29, 1.82) is 0 Å². The second-order valence-electron chi connectivity index (χ2n) is 5.59. The molecule has 0 unspecified atom stereocenters. The first-order valence-electron chi connectivity index (χ1n) is 7.53. The van der Waals surface area contributed by atoms with Crippen LogP contribution in [0.15, 0.2) is 16.6 Å². The van der Waals surface area contributed by atoms with E-state index < -0.39 is 5.41 Å². The second kappa shape index (κ2) is 7.99. The quantitative estimate of drug-likeness (QED) is 0.779. The number of benzene rings is 1. The zero-order chi connectivity index (χ0) is 16.9. The van der Waals surface area contributed by atoms with Crippen molar-refractivity contribution in [1.82, 2.24) is 5.32 Å². The highest BCUT2D eigenvalue weighted by molar-refractivity contribution is 9.10. The average molecular weight is 387 g/mol. The van der Waals surface area contributed by atoms with Crippen molar-refractivity contribution >= 4 is 21.8 Å². The number of hydrogen-bond acceptors (Lipinski definition) is 5. The molecule has 6 nitrogen and oxygen atoms in total. The van der Waals surface area contributed by atoms with Gasteiger partial charge in [-0.15, -0.1) is 0 Å². The second-order valence-corrected chi connectivity index (χ2v) is 6.45. The predicted molar refractivity (Wildman–Crippen MR) is 90.6 cm³/mol. The lowest BCUT2D eigenvalue weighted by Gasteiger charge is -2.34. The fourth-order valence-corrected chi connectivity index (χ4v) is 3.38. The third-order valence-electron chi connectivity index (χ3n) is 4.27. The van der Waals surface area contributed by atoms with Gasteiger partial charge >= 0.3 is 0 Å². The minimum Gasteiger partial charge on any atom is -0.493 e. The molecular formula is C16H23BrN2O4. The van der Waals surface area contributed by atoms with Crippen LogP contribution in [0, 0.1) is 5.41 Å². The topological polar surface area (TPSA) is 82.8 Å². The molecule has 3 N–H and O–H groups in total. The molecule has 1 saturated heterocycles. The lowest BCUT2D eigenvalue weighted by atomic mass is 9.79. The molecule has 2 rings (SSSR count). The molecule has 1 aliphatic heterocycles. The molecule has 0 aromatic heterocycles. The number of amides is 1. The van der Waals surface area contributed by atoms with Crippen LogP contribution in [0.1, 0.15) is 18.4 Å². The van der Waals surface area contributed by atoms with Crippen molar-refractivity contribution < 1.29 is 19.0 Å². The minimum atomic E-state index is -0.522. The molecule has 128 valence electrons. The van der Waals surface area contributed by atoms with Crippen molar-refractivity contribution in [3.05, 3.63) is 22.2 Å². The van der Waals surface area contributed by atoms with Crippen LogP contribution in [0.4, 0.5) is 0 Å². The molecule has 23 heavy (non-hydrogen) atoms. The van der Waals surface area contributed by atoms with E-state index in [1.807, 2.05) is 12.1 Å². The van der Waals surface area contributed by atoms with E-state index in [4.69, 9.17) is 19.9 Å². The van der Waals surface area contributed by atoms with Crippen LogP contribution in [-0.4, -0.2) is 39.9 Å². The van der Waals surface area contributed by atoms with Gasteiger partial charge in [0.15, 0.2) is 11.5 Å². The Morgan fingerprint density at radius 2 is 2.04 bits per heavy atom. The Hall–Kier alpha value is -1.31. The smallest absolute Gasteiger partial charge is 0.227 e. The Labute approximate surface area is 144 Å². The normalized spacial score (nSPS) is 16.7. The molecule has 0 aliphatic carbocycles. The van der Waals surface area contributed by atoms with Gasteiger partial charge in [0.2, 0.25) is 5.91 Å². The Morgan fingerprint density at radius 3 is 2.61 bits per heavy atom. The number of carbonyl (C=O) groups excluding carboxylic acids is 1. The monoisotopic (exact) mass is 386 g/mol. The number of carbonyl (C=O) groups is 1. The molecule has 0 atom stereocenters. The van der Waals surface area contributed by atoms with Gasteiger partial charge in [-0.1, -0.05) is 0 Å². The van der Waals surface area contributed by atoms with Gasteiger partial charge in [0.1, 0.15) is 0 Å². The van der Waals surface area contributed by atoms with Crippen molar-refractivity contribution in [2.45, 2.75) is 19.4 Å². The van der Waals surface area contributed by atoms with Gasteiger partial charge in [-0.25, -0.2) is 0 Å². The summed E-state index contributed by atoms with van der Waals surface area (Å²) in [6.07, 6.45) is 1.32. The van der Waals surface area contributed by atoms with Crippen LogP contribution >= 0.6 is 15.9 Å². The predicted octanol–water partition coefficient (Wildman–Crippen LogP) is 1.84. The summed E-state index contributed by atoms with van der Waals surface area (Å²) >= 11 is 3.45. The van der Waals surface area contributed by atoms with E-state index in [0.29, 0.717) is 50.6 Å². The summed E-state index contributed by atoms with van der Waals surface area (Å²) in [6.45, 7) is 1.89. The number of rotatable bonds is 6. The van der Waals surface area contributed by atoms with E-state index in [-0.39, 0.29) is 5.91 Å². The van der Waals surface area contributed by atoms with E-state index in [1.165, 1.54) is 0 Å². The first-order valence-corrected chi connectivity index (χ1v) is 8.32. The van der Waals surface area contributed by atoms with Crippen LogP contribution in [-0.2, 0) is 16.1 Å². The highest BCUT2D eigenvalue weighted by Gasteiger charge is 2.38. The summed E-state index contributed by atoms with van der Waals surface area (Å²) in [4.78, 5) is 12.6. The summed E-state index contributed by atoms with van der Waals surface area (Å²) in [7, 11) is 3.16. The largest absolute Gasteiger partial charge is 0.493 e. The molecule has 0 saturated carbocycles. The maximum absolute atomic E-state index is 12.6. The molecule has 1 aromatic carbocycles. The molecule has 0 bridgehead atoms. The number of ether oxygens (including phenoxy) is 3. The summed E-state index contributed by atoms with van der Waals surface area (Å²) in [5.41, 5.74) is 6.25. The number of halogens is 1. The van der Waals surface area contributed by atoms with Crippen LogP contribution in [0.25, 0.3) is 0 Å². The number of methoxy groups -OCH3 is 2. The fourth-order valence-electron chi connectivity index (χ4n) is 2.73. The van der Waals surface area contributed by atoms with Gasteiger partial charge in [0.05, 0.1) is 24.1 Å². The molecule has 1 amide bonds. The van der Waals surface area contributed by atoms with Crippen LogP contribution in [0.3, 0.4) is 0 Å². The Kier molecular flexibility index (Phi) is 6.26. The Bertz CT molecular complexity index is 559. The highest BCUT2D eigenvalue weighted by Crippen LogP contribution is 2.36. The number of hydrogen-bond donors (Lipinski definition) is 2. The maximum Gasteiger partial charge on any atom is 0.227 e. The minimum absolute atomic E-state index is 0.0193. The lowest BCUT2D eigenvalue weighted by Crippen LogP contribution is -2.48. The van der Waals surface area contributed by atoms with Gasteiger partial charge in [-0.2, -0.15) is 0 Å². The summed E-state index contributed by atoms with van der Waals surface area (Å²) in [5.74, 6) is 1.23. The molecule has 1 heterocycles. The summed E-state index contributed by atoms with van der Waals surface area (Å²) in [6, 6.07) is 3.75. The van der Waals surface area contributed by atoms with Gasteiger partial charge in [-0.3, -0.25) is 4.79 Å². The van der Waals surface area contributed by atoms with Crippen molar-refractivity contribution in [2.75, 3.05) is 34.0 Å². The Balaban J connectivity index is 2.08. The molecular weight excluding hydrogens is 364 g/mol. The highest BCUT2D eigenvalue weighted by atomic mass is 79.9. The summed E-state index contributed by atoms with van der Waals surface area (Å²) in [5, 5.41) is 2.98. The van der Waals surface area contributed by atoms with Gasteiger partial charge in [0, 0.05) is 26.3 Å². The van der Waals surface area contributed by atoms with Crippen LogP contribution in [0.2, 0.25) is 0 Å². The van der Waals surface area contributed by atoms with Crippen molar-refractivity contribution in [3.8, 4) is 11.5 Å². The summed E-state index contributed by atoms with van der Waals surface area (Å²) < 4.78 is 16.7. The van der Waals surface area contributed by atoms with Gasteiger partial charge < -0.3 is 25.3 Å². The third-order valence-corrected chi connectivity index (χ3v) is 4.86. The fraction of sp³-hybridized carbons (Fsp3) is 0.562. The molecule has 0 radical (unpaired) electrons. The van der Waals surface area contributed by atoms with Gasteiger partial charge in [0.25, 0.3) is 0 Å². The van der Waals surface area contributed by atoms with Crippen LogP contribution < -0.4 is 20.5 Å². The first-order chi connectivity index (χ1) is 11.1. The molecule has 1 aromatic rings. The van der Waals surface area contributed by atoms with E-state index >= 15 is 0 Å². The molecule has 1 fully saturated rings. The van der Waals surface area contributed by atoms with Crippen LogP contribution in [0.5, 0.6) is 11.5 Å². The van der Waals surface area contributed by atoms with E-state index in [1.54, 1.807) is 14.2 Å². The average Bonchev–Trinajstić information content (AvgIpc) is 2.59. The first kappa shape index (κ1) is 18.0. The third kappa shape index (κ3) is 3.97. The molecule has 7 heteroatoms. The van der Waals surface area contributed by atoms with E-state index in [0.717, 1.165) is 10.0 Å². The molecule has 0 spiro atoms. The standard InChI is InChI=1S/C16H23BrN2O4/c1-21-13-8-11(7-12(17)14(13)22-2)9-19-15(20)16(10-18)3-5-23-6-4-16/h7-8H,3-6,9-10,18H2,1-2H3,(H,19,20). The van der Waals surface area contributed by atoms with E-state index in [9.17, 15) is 4.79 Å². The van der Waals surface area contributed by atoms with E-state index in [2.05, 4.69) is 21.2 Å². The maximum atomic E-state index is 12.6. The zero-order valence-electron chi connectivity index (χ0n) is 13.5. The lowest BCUT2D eigenvalue weighted by molar-refractivity contribution is -0.136. The number of nitrogens with one attached hydrogen (secondary N) is 1. The SMILES string of the molecule is COc1cc(CNC(=O)C2(CN)CCOCC2)cc(Br)c1OC. The van der Waals surface area contributed by atoms with Crippen molar-refractivity contribution in [3.63, 3.8) is 0 Å².